The normalized spacial score (nSPS) is 25.9. The second kappa shape index (κ2) is 7.96. The van der Waals surface area contributed by atoms with E-state index in [1.807, 2.05) is 30.5 Å². The van der Waals surface area contributed by atoms with E-state index in [1.165, 1.54) is 30.3 Å². The molecule has 4 heterocycles. The van der Waals surface area contributed by atoms with Crippen molar-refractivity contribution < 1.29 is 23.2 Å². The van der Waals surface area contributed by atoms with Crippen molar-refractivity contribution in [2.75, 3.05) is 10.2 Å². The molecule has 3 N–H and O–H groups in total. The SMILES string of the molecule is O=C1[C@@H]2[C@H](Cc3c[nH]c4ccccc34)N[C@]3(C(=O)Nc4ccc(F)cc43)[C@@H]2C(=O)N1c1ccc(F)c(Cl)c1. The number of rotatable bonds is 3. The first-order valence-electron chi connectivity index (χ1n) is 12.1. The van der Waals surface area contributed by atoms with Crippen LogP contribution in [0.2, 0.25) is 5.02 Å². The van der Waals surface area contributed by atoms with Gasteiger partial charge in [-0.25, -0.2) is 13.7 Å². The quantitative estimate of drug-likeness (QED) is 0.344. The first-order valence-corrected chi connectivity index (χ1v) is 12.4. The fourth-order valence-electron chi connectivity index (χ4n) is 6.36. The number of H-pyrrole nitrogens is 1. The Bertz CT molecular complexity index is 1700. The van der Waals surface area contributed by atoms with Crippen molar-refractivity contribution in [3.63, 3.8) is 0 Å². The van der Waals surface area contributed by atoms with E-state index in [2.05, 4.69) is 15.6 Å². The third kappa shape index (κ3) is 3.00. The first-order chi connectivity index (χ1) is 18.3. The van der Waals surface area contributed by atoms with Crippen LogP contribution in [0.5, 0.6) is 0 Å². The second-order valence-corrected chi connectivity index (χ2v) is 10.3. The number of hydrogen-bond donors (Lipinski definition) is 3. The van der Waals surface area contributed by atoms with Gasteiger partial charge in [0.05, 0.1) is 22.5 Å². The summed E-state index contributed by atoms with van der Waals surface area (Å²) in [4.78, 5) is 45.7. The summed E-state index contributed by atoms with van der Waals surface area (Å²) in [5.41, 5.74) is 0.909. The summed E-state index contributed by atoms with van der Waals surface area (Å²) in [5.74, 6) is -5.06. The molecule has 4 atom stereocenters. The molecule has 0 bridgehead atoms. The molecule has 3 aliphatic heterocycles. The van der Waals surface area contributed by atoms with Gasteiger partial charge in [-0.1, -0.05) is 29.8 Å². The molecule has 0 saturated carbocycles. The molecule has 3 aliphatic rings. The molecule has 0 radical (unpaired) electrons. The average Bonchev–Trinajstić information content (AvgIpc) is 3.60. The Morgan fingerprint density at radius 2 is 1.79 bits per heavy atom. The highest BCUT2D eigenvalue weighted by Gasteiger charge is 2.70. The summed E-state index contributed by atoms with van der Waals surface area (Å²) in [5, 5.41) is 6.78. The smallest absolute Gasteiger partial charge is 0.250 e. The summed E-state index contributed by atoms with van der Waals surface area (Å²) in [6, 6.07) is 14.5. The first kappa shape index (κ1) is 23.1. The molecular weight excluding hydrogens is 514 g/mol. The summed E-state index contributed by atoms with van der Waals surface area (Å²) in [6.07, 6.45) is 2.16. The minimum absolute atomic E-state index is 0.111. The molecule has 1 aromatic heterocycles. The van der Waals surface area contributed by atoms with Gasteiger partial charge in [-0.3, -0.25) is 19.7 Å². The number of aromatic nitrogens is 1. The van der Waals surface area contributed by atoms with Crippen LogP contribution in [-0.4, -0.2) is 28.7 Å². The molecule has 38 heavy (non-hydrogen) atoms. The number of halogens is 3. The zero-order chi connectivity index (χ0) is 26.3. The summed E-state index contributed by atoms with van der Waals surface area (Å²) in [7, 11) is 0. The van der Waals surface area contributed by atoms with Crippen LogP contribution >= 0.6 is 11.6 Å². The zero-order valence-electron chi connectivity index (χ0n) is 19.6. The van der Waals surface area contributed by atoms with Crippen molar-refractivity contribution in [2.45, 2.75) is 18.0 Å². The van der Waals surface area contributed by atoms with Gasteiger partial charge in [-0.2, -0.15) is 0 Å². The van der Waals surface area contributed by atoms with E-state index < -0.39 is 52.8 Å². The van der Waals surface area contributed by atoms with Gasteiger partial charge < -0.3 is 10.3 Å². The van der Waals surface area contributed by atoms with E-state index in [1.54, 1.807) is 0 Å². The number of carbonyl (C=O) groups is 3. The Morgan fingerprint density at radius 1 is 0.974 bits per heavy atom. The number of benzene rings is 3. The van der Waals surface area contributed by atoms with Gasteiger partial charge in [0.25, 0.3) is 0 Å². The maximum atomic E-state index is 14.5. The molecule has 7 rings (SSSR count). The molecule has 7 nitrogen and oxygen atoms in total. The fraction of sp³-hybridized carbons (Fsp3) is 0.179. The monoisotopic (exact) mass is 532 g/mol. The topological polar surface area (TPSA) is 94.3 Å². The molecule has 0 unspecified atom stereocenters. The Hall–Kier alpha value is -4.08. The zero-order valence-corrected chi connectivity index (χ0v) is 20.4. The highest BCUT2D eigenvalue weighted by atomic mass is 35.5. The Kier molecular flexibility index (Phi) is 4.83. The Labute approximate surface area is 219 Å². The van der Waals surface area contributed by atoms with Gasteiger partial charge in [0.2, 0.25) is 17.7 Å². The van der Waals surface area contributed by atoms with Crippen LogP contribution in [0.25, 0.3) is 10.9 Å². The van der Waals surface area contributed by atoms with Crippen LogP contribution in [0.3, 0.4) is 0 Å². The number of nitrogens with one attached hydrogen (secondary N) is 3. The predicted molar refractivity (Wildman–Crippen MR) is 137 cm³/mol. The second-order valence-electron chi connectivity index (χ2n) is 9.88. The van der Waals surface area contributed by atoms with Crippen LogP contribution in [0.1, 0.15) is 11.1 Å². The van der Waals surface area contributed by atoms with Crippen molar-refractivity contribution in [3.8, 4) is 0 Å². The standard InChI is InChI=1S/C28H19ClF2N4O3/c29-18-11-15(6-7-19(18)31)35-25(36)23-22(9-13-12-32-20-4-2-1-3-16(13)20)34-28(24(23)26(35)37)17-10-14(30)5-8-21(17)33-27(28)38/h1-8,10-12,22-24,32,34H,9H2,(H,33,38)/t22-,23+,24-,28-/m0/s1. The van der Waals surface area contributed by atoms with E-state index in [0.29, 0.717) is 12.1 Å². The minimum Gasteiger partial charge on any atom is -0.361 e. The van der Waals surface area contributed by atoms with Crippen molar-refractivity contribution in [1.82, 2.24) is 10.3 Å². The molecule has 1 spiro atoms. The highest BCUT2D eigenvalue weighted by Crippen LogP contribution is 2.54. The van der Waals surface area contributed by atoms with E-state index in [0.717, 1.165) is 27.4 Å². The highest BCUT2D eigenvalue weighted by molar-refractivity contribution is 6.32. The van der Waals surface area contributed by atoms with E-state index in [9.17, 15) is 23.2 Å². The molecule has 4 aromatic rings. The molecule has 2 fully saturated rings. The lowest BCUT2D eigenvalue weighted by Gasteiger charge is -2.29. The van der Waals surface area contributed by atoms with Gasteiger partial charge in [0.15, 0.2) is 0 Å². The number of amides is 3. The van der Waals surface area contributed by atoms with Crippen molar-refractivity contribution in [2.24, 2.45) is 11.8 Å². The molecule has 190 valence electrons. The van der Waals surface area contributed by atoms with Crippen LogP contribution in [0.15, 0.2) is 66.9 Å². The number of hydrogen-bond acceptors (Lipinski definition) is 4. The van der Waals surface area contributed by atoms with Gasteiger partial charge >= 0.3 is 0 Å². The number of aromatic amines is 1. The number of fused-ring (bicyclic) bond motifs is 5. The number of para-hydroxylation sites is 1. The Morgan fingerprint density at radius 3 is 2.61 bits per heavy atom. The van der Waals surface area contributed by atoms with Gasteiger partial charge in [0, 0.05) is 34.4 Å². The summed E-state index contributed by atoms with van der Waals surface area (Å²) in [6.45, 7) is 0. The van der Waals surface area contributed by atoms with Crippen LogP contribution in [0.4, 0.5) is 20.2 Å². The molecule has 3 amide bonds. The summed E-state index contributed by atoms with van der Waals surface area (Å²) < 4.78 is 28.3. The van der Waals surface area contributed by atoms with E-state index >= 15 is 0 Å². The third-order valence-electron chi connectivity index (χ3n) is 7.95. The van der Waals surface area contributed by atoms with E-state index in [4.69, 9.17) is 11.6 Å². The molecule has 2 saturated heterocycles. The van der Waals surface area contributed by atoms with Gasteiger partial charge in [-0.15, -0.1) is 0 Å². The van der Waals surface area contributed by atoms with Gasteiger partial charge in [0.1, 0.15) is 17.2 Å². The Balaban J connectivity index is 1.39. The lowest BCUT2D eigenvalue weighted by Crippen LogP contribution is -2.53. The lowest BCUT2D eigenvalue weighted by atomic mass is 9.76. The van der Waals surface area contributed by atoms with Crippen molar-refractivity contribution in [1.29, 1.82) is 0 Å². The number of carbonyl (C=O) groups excluding carboxylic acids is 3. The number of anilines is 2. The molecule has 0 aliphatic carbocycles. The number of nitrogens with zero attached hydrogens (tertiary/aromatic N) is 1. The summed E-state index contributed by atoms with van der Waals surface area (Å²) >= 11 is 5.97. The lowest BCUT2D eigenvalue weighted by molar-refractivity contribution is -0.130. The average molecular weight is 533 g/mol. The third-order valence-corrected chi connectivity index (χ3v) is 8.24. The molecule has 3 aromatic carbocycles. The van der Waals surface area contributed by atoms with Crippen LogP contribution < -0.4 is 15.5 Å². The molecular formula is C28H19ClF2N4O3. The fourth-order valence-corrected chi connectivity index (χ4v) is 6.54. The van der Waals surface area contributed by atoms with Crippen molar-refractivity contribution >= 4 is 51.6 Å². The largest absolute Gasteiger partial charge is 0.361 e. The maximum absolute atomic E-state index is 14.5. The van der Waals surface area contributed by atoms with E-state index in [-0.39, 0.29) is 16.3 Å². The van der Waals surface area contributed by atoms with Gasteiger partial charge in [-0.05, 0) is 54.4 Å². The van der Waals surface area contributed by atoms with Crippen molar-refractivity contribution in [3.05, 3.63) is 94.6 Å². The minimum atomic E-state index is -1.66. The van der Waals surface area contributed by atoms with Crippen LogP contribution in [0, 0.1) is 23.5 Å². The predicted octanol–water partition coefficient (Wildman–Crippen LogP) is 4.27. The van der Waals surface area contributed by atoms with Crippen LogP contribution in [-0.2, 0) is 26.3 Å². The molecule has 10 heteroatoms. The number of imide groups is 1. The maximum Gasteiger partial charge on any atom is 0.250 e.